The van der Waals surface area contributed by atoms with Crippen LogP contribution in [0.15, 0.2) is 18.2 Å². The van der Waals surface area contributed by atoms with E-state index < -0.39 is 6.10 Å². The van der Waals surface area contributed by atoms with Gasteiger partial charge in [-0.2, -0.15) is 0 Å². The van der Waals surface area contributed by atoms with Crippen molar-refractivity contribution < 1.29 is 5.11 Å². The number of aliphatic hydroxyl groups is 1. The molecule has 0 aliphatic heterocycles. The van der Waals surface area contributed by atoms with Crippen LogP contribution in [0.25, 0.3) is 0 Å². The highest BCUT2D eigenvalue weighted by molar-refractivity contribution is 6.42. The van der Waals surface area contributed by atoms with Crippen LogP contribution in [-0.2, 0) is 6.42 Å². The van der Waals surface area contributed by atoms with E-state index in [0.717, 1.165) is 5.56 Å². The van der Waals surface area contributed by atoms with E-state index in [1.807, 2.05) is 0 Å². The van der Waals surface area contributed by atoms with Gasteiger partial charge in [0.15, 0.2) is 0 Å². The summed E-state index contributed by atoms with van der Waals surface area (Å²) < 4.78 is 0. The first-order valence-electron chi connectivity index (χ1n) is 3.71. The first-order valence-corrected chi connectivity index (χ1v) is 4.47. The number of halogens is 2. The van der Waals surface area contributed by atoms with Crippen molar-refractivity contribution in [3.05, 3.63) is 33.8 Å². The number of terminal acetylenes is 1. The van der Waals surface area contributed by atoms with Crippen LogP contribution in [0, 0.1) is 12.3 Å². The highest BCUT2D eigenvalue weighted by Crippen LogP contribution is 2.23. The van der Waals surface area contributed by atoms with Crippen LogP contribution in [0.4, 0.5) is 0 Å². The molecule has 0 aromatic heterocycles. The number of benzene rings is 1. The normalized spacial score (nSPS) is 12.2. The van der Waals surface area contributed by atoms with E-state index in [2.05, 4.69) is 5.92 Å². The maximum absolute atomic E-state index is 9.16. The second kappa shape index (κ2) is 4.53. The maximum atomic E-state index is 9.16. The van der Waals surface area contributed by atoms with Gasteiger partial charge in [-0.15, -0.1) is 6.42 Å². The van der Waals surface area contributed by atoms with Gasteiger partial charge < -0.3 is 5.11 Å². The Labute approximate surface area is 87.3 Å². The molecule has 0 saturated heterocycles. The van der Waals surface area contributed by atoms with Crippen molar-refractivity contribution in [3.8, 4) is 12.3 Å². The third-order valence-electron chi connectivity index (χ3n) is 1.61. The van der Waals surface area contributed by atoms with Crippen LogP contribution in [-0.4, -0.2) is 11.2 Å². The molecule has 1 unspecified atom stereocenters. The molecular formula is C10H8Cl2O. The molecule has 13 heavy (non-hydrogen) atoms. The van der Waals surface area contributed by atoms with Crippen molar-refractivity contribution in [1.29, 1.82) is 0 Å². The molecule has 0 bridgehead atoms. The Hall–Kier alpha value is -0.680. The third kappa shape index (κ3) is 2.93. The molecule has 1 aromatic carbocycles. The van der Waals surface area contributed by atoms with E-state index >= 15 is 0 Å². The fourth-order valence-corrected chi connectivity index (χ4v) is 1.27. The van der Waals surface area contributed by atoms with Crippen molar-refractivity contribution in [3.63, 3.8) is 0 Å². The predicted molar refractivity (Wildman–Crippen MR) is 55.0 cm³/mol. The molecule has 0 aliphatic carbocycles. The summed E-state index contributed by atoms with van der Waals surface area (Å²) in [6, 6.07) is 5.17. The fraction of sp³-hybridized carbons (Fsp3) is 0.200. The number of hydrogen-bond donors (Lipinski definition) is 1. The van der Waals surface area contributed by atoms with E-state index in [1.54, 1.807) is 18.2 Å². The Morgan fingerprint density at radius 1 is 1.38 bits per heavy atom. The second-order valence-corrected chi connectivity index (χ2v) is 3.45. The highest BCUT2D eigenvalue weighted by Gasteiger charge is 2.03. The average Bonchev–Trinajstić information content (AvgIpc) is 2.11. The van der Waals surface area contributed by atoms with Crippen LogP contribution in [0.1, 0.15) is 5.56 Å². The average molecular weight is 215 g/mol. The van der Waals surface area contributed by atoms with Gasteiger partial charge in [0.25, 0.3) is 0 Å². The van der Waals surface area contributed by atoms with Gasteiger partial charge in [-0.3, -0.25) is 0 Å². The Balaban J connectivity index is 2.81. The zero-order valence-electron chi connectivity index (χ0n) is 6.80. The summed E-state index contributed by atoms with van der Waals surface area (Å²) >= 11 is 11.5. The van der Waals surface area contributed by atoms with Gasteiger partial charge in [0.1, 0.15) is 6.10 Å². The Morgan fingerprint density at radius 2 is 2.08 bits per heavy atom. The Bertz CT molecular complexity index is 341. The van der Waals surface area contributed by atoms with Crippen molar-refractivity contribution in [2.24, 2.45) is 0 Å². The molecule has 0 saturated carbocycles. The highest BCUT2D eigenvalue weighted by atomic mass is 35.5. The van der Waals surface area contributed by atoms with Crippen LogP contribution in [0.5, 0.6) is 0 Å². The molecule has 3 heteroatoms. The Morgan fingerprint density at radius 3 is 2.62 bits per heavy atom. The molecule has 0 heterocycles. The van der Waals surface area contributed by atoms with Crippen LogP contribution in [0.3, 0.4) is 0 Å². The molecule has 68 valence electrons. The van der Waals surface area contributed by atoms with E-state index in [4.69, 9.17) is 34.7 Å². The van der Waals surface area contributed by atoms with Crippen molar-refractivity contribution in [2.45, 2.75) is 12.5 Å². The zero-order valence-corrected chi connectivity index (χ0v) is 8.31. The minimum absolute atomic E-state index is 0.396. The van der Waals surface area contributed by atoms with E-state index in [9.17, 15) is 0 Å². The van der Waals surface area contributed by atoms with E-state index in [-0.39, 0.29) is 0 Å². The van der Waals surface area contributed by atoms with Crippen LogP contribution >= 0.6 is 23.2 Å². The molecular weight excluding hydrogens is 207 g/mol. The largest absolute Gasteiger partial charge is 0.380 e. The lowest BCUT2D eigenvalue weighted by molar-refractivity contribution is 0.233. The molecule has 1 rings (SSSR count). The predicted octanol–water partition coefficient (Wildman–Crippen LogP) is 2.53. The van der Waals surface area contributed by atoms with Crippen LogP contribution in [0.2, 0.25) is 10.0 Å². The number of rotatable bonds is 2. The van der Waals surface area contributed by atoms with E-state index in [0.29, 0.717) is 16.5 Å². The SMILES string of the molecule is C#CC(O)Cc1ccc(Cl)c(Cl)c1. The summed E-state index contributed by atoms with van der Waals surface area (Å²) in [5, 5.41) is 10.1. The molecule has 1 atom stereocenters. The van der Waals surface area contributed by atoms with Gasteiger partial charge in [0.05, 0.1) is 10.0 Å². The fourth-order valence-electron chi connectivity index (χ4n) is 0.949. The lowest BCUT2D eigenvalue weighted by Crippen LogP contribution is -2.06. The number of hydrogen-bond acceptors (Lipinski definition) is 1. The molecule has 0 fully saturated rings. The van der Waals surface area contributed by atoms with E-state index in [1.165, 1.54) is 0 Å². The Kier molecular flexibility index (Phi) is 3.62. The minimum Gasteiger partial charge on any atom is -0.380 e. The van der Waals surface area contributed by atoms with Gasteiger partial charge >= 0.3 is 0 Å². The van der Waals surface area contributed by atoms with Gasteiger partial charge in [-0.1, -0.05) is 35.2 Å². The second-order valence-electron chi connectivity index (χ2n) is 2.64. The lowest BCUT2D eigenvalue weighted by Gasteiger charge is -2.04. The summed E-state index contributed by atoms with van der Waals surface area (Å²) in [7, 11) is 0. The summed E-state index contributed by atoms with van der Waals surface area (Å²) in [6.07, 6.45) is 4.66. The molecule has 1 N–H and O–H groups in total. The smallest absolute Gasteiger partial charge is 0.118 e. The first-order chi connectivity index (χ1) is 6.13. The summed E-state index contributed by atoms with van der Waals surface area (Å²) in [4.78, 5) is 0. The van der Waals surface area contributed by atoms with Crippen molar-refractivity contribution in [1.82, 2.24) is 0 Å². The summed E-state index contributed by atoms with van der Waals surface area (Å²) in [5.41, 5.74) is 0.875. The maximum Gasteiger partial charge on any atom is 0.118 e. The number of aliphatic hydroxyl groups excluding tert-OH is 1. The van der Waals surface area contributed by atoms with Crippen LogP contribution < -0.4 is 0 Å². The molecule has 0 radical (unpaired) electrons. The molecule has 0 spiro atoms. The first kappa shape index (κ1) is 10.4. The minimum atomic E-state index is -0.766. The van der Waals surface area contributed by atoms with Gasteiger partial charge in [-0.05, 0) is 17.7 Å². The molecule has 1 nitrogen and oxygen atoms in total. The summed E-state index contributed by atoms with van der Waals surface area (Å²) in [6.45, 7) is 0. The molecule has 1 aromatic rings. The molecule has 0 amide bonds. The van der Waals surface area contributed by atoms with Crippen molar-refractivity contribution in [2.75, 3.05) is 0 Å². The van der Waals surface area contributed by atoms with Crippen molar-refractivity contribution >= 4 is 23.2 Å². The zero-order chi connectivity index (χ0) is 9.84. The monoisotopic (exact) mass is 214 g/mol. The standard InChI is InChI=1S/C10H8Cl2O/c1-2-8(13)5-7-3-4-9(11)10(12)6-7/h1,3-4,6,8,13H,5H2. The molecule has 0 aliphatic rings. The van der Waals surface area contributed by atoms with Gasteiger partial charge in [0.2, 0.25) is 0 Å². The van der Waals surface area contributed by atoms with Gasteiger partial charge in [0, 0.05) is 6.42 Å². The third-order valence-corrected chi connectivity index (χ3v) is 2.34. The lowest BCUT2D eigenvalue weighted by atomic mass is 10.1. The van der Waals surface area contributed by atoms with Gasteiger partial charge in [-0.25, -0.2) is 0 Å². The topological polar surface area (TPSA) is 20.2 Å². The quantitative estimate of drug-likeness (QED) is 0.751. The summed E-state index contributed by atoms with van der Waals surface area (Å²) in [5.74, 6) is 2.23.